The number of aliphatic hydroxyl groups is 1. The molecule has 0 amide bonds. The SMILES string of the molecule is CCNC(CCN(CCO)C(C)C)c1ccccc1C. The molecule has 0 aliphatic carbocycles. The van der Waals surface area contributed by atoms with E-state index in [0.29, 0.717) is 12.1 Å². The van der Waals surface area contributed by atoms with Gasteiger partial charge in [0.2, 0.25) is 0 Å². The molecule has 20 heavy (non-hydrogen) atoms. The van der Waals surface area contributed by atoms with E-state index >= 15 is 0 Å². The number of nitrogens with zero attached hydrogens (tertiary/aromatic N) is 1. The minimum absolute atomic E-state index is 0.231. The Hall–Kier alpha value is -0.900. The minimum atomic E-state index is 0.231. The van der Waals surface area contributed by atoms with Crippen molar-refractivity contribution >= 4 is 0 Å². The third kappa shape index (κ3) is 5.23. The summed E-state index contributed by atoms with van der Waals surface area (Å²) in [7, 11) is 0. The van der Waals surface area contributed by atoms with Gasteiger partial charge in [0.05, 0.1) is 6.61 Å². The molecule has 1 aromatic rings. The van der Waals surface area contributed by atoms with E-state index in [1.54, 1.807) is 0 Å². The van der Waals surface area contributed by atoms with Crippen molar-refractivity contribution in [2.24, 2.45) is 0 Å². The average molecular weight is 278 g/mol. The lowest BCUT2D eigenvalue weighted by Gasteiger charge is -2.28. The van der Waals surface area contributed by atoms with Gasteiger partial charge in [0.15, 0.2) is 0 Å². The van der Waals surface area contributed by atoms with Crippen molar-refractivity contribution < 1.29 is 5.11 Å². The highest BCUT2D eigenvalue weighted by Gasteiger charge is 2.15. The molecule has 0 aliphatic heterocycles. The first-order valence-corrected chi connectivity index (χ1v) is 7.74. The number of hydrogen-bond donors (Lipinski definition) is 2. The second kappa shape index (κ2) is 9.11. The van der Waals surface area contributed by atoms with Crippen molar-refractivity contribution in [3.63, 3.8) is 0 Å². The van der Waals surface area contributed by atoms with Crippen LogP contribution < -0.4 is 5.32 Å². The Morgan fingerprint density at radius 2 is 1.90 bits per heavy atom. The van der Waals surface area contributed by atoms with E-state index in [4.69, 9.17) is 5.11 Å². The normalized spacial score (nSPS) is 13.2. The summed E-state index contributed by atoms with van der Waals surface area (Å²) in [5.74, 6) is 0. The van der Waals surface area contributed by atoms with Crippen molar-refractivity contribution in [1.29, 1.82) is 0 Å². The summed E-state index contributed by atoms with van der Waals surface area (Å²) >= 11 is 0. The number of hydrogen-bond acceptors (Lipinski definition) is 3. The molecule has 0 spiro atoms. The Kier molecular flexibility index (Phi) is 7.82. The summed E-state index contributed by atoms with van der Waals surface area (Å²) in [6, 6.07) is 9.46. The smallest absolute Gasteiger partial charge is 0.0558 e. The monoisotopic (exact) mass is 278 g/mol. The molecule has 1 atom stereocenters. The zero-order valence-corrected chi connectivity index (χ0v) is 13.4. The molecule has 0 saturated heterocycles. The van der Waals surface area contributed by atoms with Crippen LogP contribution in [0.3, 0.4) is 0 Å². The molecule has 0 radical (unpaired) electrons. The van der Waals surface area contributed by atoms with Crippen molar-refractivity contribution in [2.45, 2.75) is 46.2 Å². The summed E-state index contributed by atoms with van der Waals surface area (Å²) < 4.78 is 0. The number of nitrogens with one attached hydrogen (secondary N) is 1. The fraction of sp³-hybridized carbons (Fsp3) is 0.647. The van der Waals surface area contributed by atoms with Crippen molar-refractivity contribution in [2.75, 3.05) is 26.2 Å². The Labute approximate surface area is 124 Å². The van der Waals surface area contributed by atoms with Crippen LogP contribution in [0.1, 0.15) is 44.4 Å². The molecule has 0 heterocycles. The molecule has 0 aromatic heterocycles. The van der Waals surface area contributed by atoms with Gasteiger partial charge in [-0.25, -0.2) is 0 Å². The van der Waals surface area contributed by atoms with E-state index in [1.807, 2.05) is 0 Å². The molecule has 3 heteroatoms. The molecular formula is C17H30N2O. The van der Waals surface area contributed by atoms with Gasteiger partial charge in [0.25, 0.3) is 0 Å². The van der Waals surface area contributed by atoms with Crippen LogP contribution in [-0.2, 0) is 0 Å². The maximum atomic E-state index is 9.16. The topological polar surface area (TPSA) is 35.5 Å². The maximum Gasteiger partial charge on any atom is 0.0558 e. The Morgan fingerprint density at radius 3 is 2.45 bits per heavy atom. The predicted octanol–water partition coefficient (Wildman–Crippen LogP) is 2.74. The third-order valence-corrected chi connectivity index (χ3v) is 3.84. The summed E-state index contributed by atoms with van der Waals surface area (Å²) in [4.78, 5) is 2.34. The molecule has 114 valence electrons. The lowest BCUT2D eigenvalue weighted by Crippen LogP contribution is -2.36. The summed E-state index contributed by atoms with van der Waals surface area (Å²) in [6.07, 6.45) is 1.07. The average Bonchev–Trinajstić information content (AvgIpc) is 2.42. The van der Waals surface area contributed by atoms with E-state index in [-0.39, 0.29) is 6.61 Å². The zero-order chi connectivity index (χ0) is 15.0. The fourth-order valence-corrected chi connectivity index (χ4v) is 2.64. The van der Waals surface area contributed by atoms with Crippen LogP contribution in [0.2, 0.25) is 0 Å². The van der Waals surface area contributed by atoms with Gasteiger partial charge in [-0.05, 0) is 44.9 Å². The highest BCUT2D eigenvalue weighted by Crippen LogP contribution is 2.21. The molecular weight excluding hydrogens is 248 g/mol. The Morgan fingerprint density at radius 1 is 1.20 bits per heavy atom. The predicted molar refractivity (Wildman–Crippen MR) is 86.0 cm³/mol. The first kappa shape index (κ1) is 17.2. The van der Waals surface area contributed by atoms with Crippen LogP contribution in [0.15, 0.2) is 24.3 Å². The number of rotatable bonds is 9. The molecule has 0 saturated carbocycles. The minimum Gasteiger partial charge on any atom is -0.395 e. The van der Waals surface area contributed by atoms with Gasteiger partial charge in [-0.15, -0.1) is 0 Å². The standard InChI is InChI=1S/C17H30N2O/c1-5-18-17(16-9-7-6-8-15(16)4)10-11-19(12-13-20)14(2)3/h6-9,14,17-18,20H,5,10-13H2,1-4H3. The van der Waals surface area contributed by atoms with Crippen LogP contribution in [0.4, 0.5) is 0 Å². The van der Waals surface area contributed by atoms with Crippen LogP contribution in [0, 0.1) is 6.92 Å². The van der Waals surface area contributed by atoms with Crippen molar-refractivity contribution in [3.05, 3.63) is 35.4 Å². The summed E-state index contributed by atoms with van der Waals surface area (Å²) in [5, 5.41) is 12.7. The third-order valence-electron chi connectivity index (χ3n) is 3.84. The lowest BCUT2D eigenvalue weighted by atomic mass is 9.98. The van der Waals surface area contributed by atoms with Gasteiger partial charge in [-0.2, -0.15) is 0 Å². The van der Waals surface area contributed by atoms with Crippen LogP contribution in [-0.4, -0.2) is 42.3 Å². The largest absolute Gasteiger partial charge is 0.395 e. The molecule has 2 N–H and O–H groups in total. The van der Waals surface area contributed by atoms with Gasteiger partial charge >= 0.3 is 0 Å². The van der Waals surface area contributed by atoms with Crippen LogP contribution >= 0.6 is 0 Å². The van der Waals surface area contributed by atoms with Gasteiger partial charge in [-0.1, -0.05) is 31.2 Å². The second-order valence-corrected chi connectivity index (χ2v) is 5.61. The van der Waals surface area contributed by atoms with E-state index in [2.05, 4.69) is 62.2 Å². The van der Waals surface area contributed by atoms with E-state index in [9.17, 15) is 0 Å². The fourth-order valence-electron chi connectivity index (χ4n) is 2.64. The molecule has 1 aromatic carbocycles. The number of aryl methyl sites for hydroxylation is 1. The number of aliphatic hydroxyl groups excluding tert-OH is 1. The first-order valence-electron chi connectivity index (χ1n) is 7.74. The summed E-state index contributed by atoms with van der Waals surface area (Å²) in [5.41, 5.74) is 2.73. The van der Waals surface area contributed by atoms with Crippen LogP contribution in [0.5, 0.6) is 0 Å². The molecule has 0 aliphatic rings. The van der Waals surface area contributed by atoms with E-state index < -0.39 is 0 Å². The number of benzene rings is 1. The van der Waals surface area contributed by atoms with Gasteiger partial charge < -0.3 is 10.4 Å². The lowest BCUT2D eigenvalue weighted by molar-refractivity contribution is 0.159. The highest BCUT2D eigenvalue weighted by atomic mass is 16.3. The van der Waals surface area contributed by atoms with E-state index in [0.717, 1.165) is 26.1 Å². The Bertz CT molecular complexity index is 379. The van der Waals surface area contributed by atoms with Gasteiger partial charge in [-0.3, -0.25) is 4.90 Å². The second-order valence-electron chi connectivity index (χ2n) is 5.61. The first-order chi connectivity index (χ1) is 9.60. The van der Waals surface area contributed by atoms with Crippen molar-refractivity contribution in [3.8, 4) is 0 Å². The maximum absolute atomic E-state index is 9.16. The van der Waals surface area contributed by atoms with Crippen molar-refractivity contribution in [1.82, 2.24) is 10.2 Å². The molecule has 0 bridgehead atoms. The van der Waals surface area contributed by atoms with Crippen LogP contribution in [0.25, 0.3) is 0 Å². The molecule has 3 nitrogen and oxygen atoms in total. The highest BCUT2D eigenvalue weighted by molar-refractivity contribution is 5.28. The molecule has 1 unspecified atom stereocenters. The molecule has 1 rings (SSSR count). The van der Waals surface area contributed by atoms with E-state index in [1.165, 1.54) is 11.1 Å². The Balaban J connectivity index is 2.70. The van der Waals surface area contributed by atoms with Gasteiger partial charge in [0, 0.05) is 25.2 Å². The zero-order valence-electron chi connectivity index (χ0n) is 13.4. The molecule has 0 fully saturated rings. The summed E-state index contributed by atoms with van der Waals surface area (Å²) in [6.45, 7) is 11.7. The van der Waals surface area contributed by atoms with Gasteiger partial charge in [0.1, 0.15) is 0 Å². The quantitative estimate of drug-likeness (QED) is 0.729.